The topological polar surface area (TPSA) is 66.6 Å². The minimum Gasteiger partial charge on any atom is -0.341 e. The molecular weight excluding hydrogens is 362 g/mol. The second kappa shape index (κ2) is 8.19. The normalized spacial score (nSPS) is 30.0. The molecule has 2 fully saturated rings. The van der Waals surface area contributed by atoms with Crippen LogP contribution in [0.25, 0.3) is 0 Å². The van der Waals surface area contributed by atoms with Gasteiger partial charge in [0.15, 0.2) is 0 Å². The fourth-order valence-electron chi connectivity index (χ4n) is 5.02. The molecule has 3 unspecified atom stereocenters. The van der Waals surface area contributed by atoms with E-state index in [2.05, 4.69) is 13.0 Å². The highest BCUT2D eigenvalue weighted by Gasteiger charge is 2.43. The van der Waals surface area contributed by atoms with Gasteiger partial charge in [-0.15, -0.1) is 12.4 Å². The number of benzene rings is 1. The van der Waals surface area contributed by atoms with E-state index in [1.165, 1.54) is 5.56 Å². The summed E-state index contributed by atoms with van der Waals surface area (Å²) in [7, 11) is 0. The minimum atomic E-state index is -0.193. The van der Waals surface area contributed by atoms with Crippen molar-refractivity contribution in [2.24, 2.45) is 17.6 Å². The average Bonchev–Trinajstić information content (AvgIpc) is 3.23. The van der Waals surface area contributed by atoms with Gasteiger partial charge in [0.05, 0.1) is 5.92 Å². The zero-order chi connectivity index (χ0) is 18.3. The Balaban J connectivity index is 0.00000210. The Labute approximate surface area is 167 Å². The van der Waals surface area contributed by atoms with Crippen LogP contribution < -0.4 is 10.6 Å². The number of nitrogens with two attached hydrogens (primary N) is 1. The quantitative estimate of drug-likeness (QED) is 0.842. The van der Waals surface area contributed by atoms with E-state index < -0.39 is 0 Å². The van der Waals surface area contributed by atoms with Crippen molar-refractivity contribution < 1.29 is 9.59 Å². The monoisotopic (exact) mass is 391 g/mol. The molecule has 1 aromatic rings. The molecule has 1 saturated heterocycles. The fraction of sp³-hybridized carbons (Fsp3) is 0.619. The molecule has 0 bridgehead atoms. The molecule has 0 spiro atoms. The Morgan fingerprint density at radius 2 is 1.70 bits per heavy atom. The van der Waals surface area contributed by atoms with Crippen molar-refractivity contribution in [3.8, 4) is 0 Å². The molecular formula is C21H30ClN3O2. The van der Waals surface area contributed by atoms with E-state index in [0.717, 1.165) is 50.8 Å². The molecule has 2 amide bonds. The Bertz CT molecular complexity index is 710. The van der Waals surface area contributed by atoms with Gasteiger partial charge >= 0.3 is 0 Å². The van der Waals surface area contributed by atoms with Crippen molar-refractivity contribution in [3.05, 3.63) is 29.8 Å². The summed E-state index contributed by atoms with van der Waals surface area (Å²) in [6.45, 7) is 3.48. The van der Waals surface area contributed by atoms with Crippen LogP contribution in [0, 0.1) is 11.8 Å². The highest BCUT2D eigenvalue weighted by Crippen LogP contribution is 2.38. The first kappa shape index (κ1) is 20.2. The summed E-state index contributed by atoms with van der Waals surface area (Å²) in [4.78, 5) is 30.5. The lowest BCUT2D eigenvalue weighted by atomic mass is 9.77. The van der Waals surface area contributed by atoms with Gasteiger partial charge in [-0.25, -0.2) is 0 Å². The number of hydrogen-bond acceptors (Lipinski definition) is 3. The van der Waals surface area contributed by atoms with E-state index in [1.807, 2.05) is 28.0 Å². The average molecular weight is 392 g/mol. The van der Waals surface area contributed by atoms with E-state index in [1.54, 1.807) is 0 Å². The highest BCUT2D eigenvalue weighted by molar-refractivity contribution is 6.00. The van der Waals surface area contributed by atoms with E-state index in [9.17, 15) is 9.59 Å². The molecule has 0 aromatic heterocycles. The summed E-state index contributed by atoms with van der Waals surface area (Å²) in [5, 5.41) is 0. The summed E-state index contributed by atoms with van der Waals surface area (Å²) in [6, 6.07) is 8.42. The number of likely N-dealkylation sites (tertiary alicyclic amines) is 1. The van der Waals surface area contributed by atoms with Crippen molar-refractivity contribution in [2.75, 3.05) is 18.0 Å². The molecule has 1 aliphatic carbocycles. The Morgan fingerprint density at radius 3 is 2.37 bits per heavy atom. The number of fused-ring (bicyclic) bond motifs is 1. The molecule has 5 nitrogen and oxygen atoms in total. The number of carbonyl (C=O) groups excluding carboxylic acids is 2. The van der Waals surface area contributed by atoms with Crippen LogP contribution in [0.5, 0.6) is 0 Å². The first-order valence-electron chi connectivity index (χ1n) is 10.0. The summed E-state index contributed by atoms with van der Waals surface area (Å²) < 4.78 is 0. The van der Waals surface area contributed by atoms with E-state index in [-0.39, 0.29) is 48.1 Å². The van der Waals surface area contributed by atoms with Crippen LogP contribution in [-0.2, 0) is 16.0 Å². The highest BCUT2D eigenvalue weighted by atomic mass is 35.5. The SMILES string of the molecule is CC1Cc2ccccc2N1C(=O)C1CCCCC1C(=O)N1CC[C@@H](N)C1.Cl. The predicted octanol–water partition coefficient (Wildman–Crippen LogP) is 2.75. The third kappa shape index (κ3) is 3.72. The summed E-state index contributed by atoms with van der Waals surface area (Å²) in [5.74, 6) is -0.0803. The van der Waals surface area contributed by atoms with Gasteiger partial charge < -0.3 is 15.5 Å². The zero-order valence-electron chi connectivity index (χ0n) is 16.0. The van der Waals surface area contributed by atoms with E-state index in [4.69, 9.17) is 5.73 Å². The first-order valence-corrected chi connectivity index (χ1v) is 10.0. The molecule has 1 saturated carbocycles. The van der Waals surface area contributed by atoms with Gasteiger partial charge in [-0.2, -0.15) is 0 Å². The number of para-hydroxylation sites is 1. The van der Waals surface area contributed by atoms with Crippen molar-refractivity contribution in [3.63, 3.8) is 0 Å². The van der Waals surface area contributed by atoms with Crippen LogP contribution in [-0.4, -0.2) is 41.9 Å². The van der Waals surface area contributed by atoms with E-state index in [0.29, 0.717) is 6.54 Å². The summed E-state index contributed by atoms with van der Waals surface area (Å²) in [5.41, 5.74) is 8.25. The molecule has 4 atom stereocenters. The predicted molar refractivity (Wildman–Crippen MR) is 109 cm³/mol. The second-order valence-electron chi connectivity index (χ2n) is 8.22. The maximum atomic E-state index is 13.5. The Hall–Kier alpha value is -1.59. The number of amides is 2. The lowest BCUT2D eigenvalue weighted by Crippen LogP contribution is -2.48. The van der Waals surface area contributed by atoms with Gasteiger partial charge in [-0.05, 0) is 44.2 Å². The van der Waals surface area contributed by atoms with Gasteiger partial charge in [0, 0.05) is 36.8 Å². The third-order valence-electron chi connectivity index (χ3n) is 6.38. The van der Waals surface area contributed by atoms with Crippen LogP contribution in [0.1, 0.15) is 44.6 Å². The van der Waals surface area contributed by atoms with Crippen molar-refractivity contribution in [1.29, 1.82) is 0 Å². The van der Waals surface area contributed by atoms with Crippen LogP contribution in [0.15, 0.2) is 24.3 Å². The molecule has 1 aromatic carbocycles. The molecule has 148 valence electrons. The van der Waals surface area contributed by atoms with Crippen LogP contribution in [0.3, 0.4) is 0 Å². The lowest BCUT2D eigenvalue weighted by Gasteiger charge is -2.36. The van der Waals surface area contributed by atoms with Gasteiger partial charge in [0.2, 0.25) is 11.8 Å². The number of nitrogens with zero attached hydrogens (tertiary/aromatic N) is 2. The number of halogens is 1. The van der Waals surface area contributed by atoms with Crippen LogP contribution >= 0.6 is 12.4 Å². The Kier molecular flexibility index (Phi) is 6.11. The first-order chi connectivity index (χ1) is 12.6. The number of anilines is 1. The van der Waals surface area contributed by atoms with Gasteiger partial charge in [0.25, 0.3) is 0 Å². The lowest BCUT2D eigenvalue weighted by molar-refractivity contribution is -0.142. The molecule has 2 aliphatic heterocycles. The molecule has 27 heavy (non-hydrogen) atoms. The van der Waals surface area contributed by atoms with Crippen molar-refractivity contribution in [2.45, 2.75) is 57.5 Å². The smallest absolute Gasteiger partial charge is 0.231 e. The largest absolute Gasteiger partial charge is 0.341 e. The van der Waals surface area contributed by atoms with E-state index >= 15 is 0 Å². The molecule has 6 heteroatoms. The summed E-state index contributed by atoms with van der Waals surface area (Å²) in [6.07, 6.45) is 5.48. The number of rotatable bonds is 2. The molecule has 2 heterocycles. The molecule has 4 rings (SSSR count). The molecule has 0 radical (unpaired) electrons. The second-order valence-corrected chi connectivity index (χ2v) is 8.22. The summed E-state index contributed by atoms with van der Waals surface area (Å²) >= 11 is 0. The maximum absolute atomic E-state index is 13.5. The van der Waals surface area contributed by atoms with Crippen LogP contribution in [0.2, 0.25) is 0 Å². The fourth-order valence-corrected chi connectivity index (χ4v) is 5.02. The van der Waals surface area contributed by atoms with Crippen molar-refractivity contribution >= 4 is 29.9 Å². The number of carbonyl (C=O) groups is 2. The van der Waals surface area contributed by atoms with Crippen LogP contribution in [0.4, 0.5) is 5.69 Å². The van der Waals surface area contributed by atoms with Crippen molar-refractivity contribution in [1.82, 2.24) is 4.90 Å². The Morgan fingerprint density at radius 1 is 1.04 bits per heavy atom. The molecule has 2 N–H and O–H groups in total. The minimum absolute atomic E-state index is 0. The zero-order valence-corrected chi connectivity index (χ0v) is 16.8. The van der Waals surface area contributed by atoms with Gasteiger partial charge in [0.1, 0.15) is 0 Å². The number of hydrogen-bond donors (Lipinski definition) is 1. The standard InChI is InChI=1S/C21H29N3O2.ClH/c1-14-12-15-6-2-5-9-19(15)24(14)21(26)18-8-4-3-7-17(18)20(25)23-11-10-16(22)13-23;/h2,5-6,9,14,16-18H,3-4,7-8,10-13,22H2,1H3;1H/t14?,16-,17?,18?;/m1./s1. The maximum Gasteiger partial charge on any atom is 0.231 e. The van der Waals surface area contributed by atoms with Gasteiger partial charge in [-0.1, -0.05) is 31.0 Å². The third-order valence-corrected chi connectivity index (χ3v) is 6.38. The van der Waals surface area contributed by atoms with Gasteiger partial charge in [-0.3, -0.25) is 9.59 Å². The molecule has 3 aliphatic rings.